The molecule has 1 unspecified atom stereocenters. The molecule has 0 aromatic rings. The van der Waals surface area contributed by atoms with Crippen LogP contribution in [-0.4, -0.2) is 42.8 Å². The second kappa shape index (κ2) is 5.41. The van der Waals surface area contributed by atoms with Crippen LogP contribution in [0, 0.1) is 5.41 Å². The van der Waals surface area contributed by atoms with Gasteiger partial charge < -0.3 is 14.6 Å². The van der Waals surface area contributed by atoms with E-state index in [0.717, 1.165) is 0 Å². The number of carbonyl (C=O) groups is 2. The van der Waals surface area contributed by atoms with E-state index in [1.54, 1.807) is 0 Å². The summed E-state index contributed by atoms with van der Waals surface area (Å²) in [6, 6.07) is 0. The molecule has 0 bridgehead atoms. The highest BCUT2D eigenvalue weighted by atomic mass is 16.5. The van der Waals surface area contributed by atoms with Crippen molar-refractivity contribution >= 4 is 11.8 Å². The van der Waals surface area contributed by atoms with E-state index in [1.807, 2.05) is 13.8 Å². The normalized spacial score (nSPS) is 26.1. The van der Waals surface area contributed by atoms with Gasteiger partial charge in [0.2, 0.25) is 0 Å². The van der Waals surface area contributed by atoms with Gasteiger partial charge in [-0.2, -0.15) is 0 Å². The summed E-state index contributed by atoms with van der Waals surface area (Å²) < 4.78 is 10.4. The minimum Gasteiger partial charge on any atom is -0.480 e. The first-order valence-electron chi connectivity index (χ1n) is 5.45. The van der Waals surface area contributed by atoms with Gasteiger partial charge in [0.1, 0.15) is 0 Å². The number of hydrogen-bond donors (Lipinski definition) is 1. The topological polar surface area (TPSA) is 72.8 Å². The molecule has 5 nitrogen and oxygen atoms in total. The maximum absolute atomic E-state index is 11.7. The summed E-state index contributed by atoms with van der Waals surface area (Å²) >= 11 is 0. The fourth-order valence-corrected chi connectivity index (χ4v) is 1.70. The Hall–Kier alpha value is -0.940. The largest absolute Gasteiger partial charge is 0.480 e. The lowest BCUT2D eigenvalue weighted by Crippen LogP contribution is -2.47. The fraction of sp³-hybridized carbons (Fsp3) is 0.818. The number of Topliss-reactive ketones (excluding diaryl/α,β-unsaturated/α-hetero) is 1. The predicted octanol–water partition coefficient (Wildman–Crippen LogP) is 0.862. The number of ketones is 1. The highest BCUT2D eigenvalue weighted by molar-refractivity contribution is 6.03. The molecule has 0 aliphatic carbocycles. The highest BCUT2D eigenvalue weighted by Gasteiger charge is 2.47. The van der Waals surface area contributed by atoms with Gasteiger partial charge in [0.05, 0.1) is 19.3 Å². The van der Waals surface area contributed by atoms with Gasteiger partial charge in [-0.3, -0.25) is 9.59 Å². The van der Waals surface area contributed by atoms with Gasteiger partial charge in [0.25, 0.3) is 0 Å². The minimum absolute atomic E-state index is 0.0328. The van der Waals surface area contributed by atoms with Crippen molar-refractivity contribution in [2.24, 2.45) is 5.41 Å². The standard InChI is InChI=1S/C11H18O5/c1-8(2)16-6-4-11(10(13)14)7-15-5-3-9(11)12/h8H,3-7H2,1-2H3,(H,13,14). The van der Waals surface area contributed by atoms with Crippen molar-refractivity contribution in [3.63, 3.8) is 0 Å². The van der Waals surface area contributed by atoms with Crippen LogP contribution < -0.4 is 0 Å². The summed E-state index contributed by atoms with van der Waals surface area (Å²) in [5, 5.41) is 9.17. The highest BCUT2D eigenvalue weighted by Crippen LogP contribution is 2.29. The second-order valence-corrected chi connectivity index (χ2v) is 4.28. The van der Waals surface area contributed by atoms with E-state index >= 15 is 0 Å². The lowest BCUT2D eigenvalue weighted by atomic mass is 9.78. The van der Waals surface area contributed by atoms with E-state index in [2.05, 4.69) is 0 Å². The molecule has 5 heteroatoms. The summed E-state index contributed by atoms with van der Waals surface area (Å²) in [4.78, 5) is 22.9. The van der Waals surface area contributed by atoms with Gasteiger partial charge in [-0.15, -0.1) is 0 Å². The second-order valence-electron chi connectivity index (χ2n) is 4.28. The van der Waals surface area contributed by atoms with Crippen molar-refractivity contribution in [1.29, 1.82) is 0 Å². The van der Waals surface area contributed by atoms with Crippen LogP contribution in [-0.2, 0) is 19.1 Å². The Bertz CT molecular complexity index is 274. The summed E-state index contributed by atoms with van der Waals surface area (Å²) in [6.45, 7) is 4.28. The van der Waals surface area contributed by atoms with Crippen LogP contribution in [0.2, 0.25) is 0 Å². The number of aliphatic carboxylic acids is 1. The molecule has 1 fully saturated rings. The average Bonchev–Trinajstić information content (AvgIpc) is 2.20. The summed E-state index contributed by atoms with van der Waals surface area (Å²) in [5.74, 6) is -1.36. The summed E-state index contributed by atoms with van der Waals surface area (Å²) in [6.07, 6.45) is 0.387. The number of rotatable bonds is 5. The fourth-order valence-electron chi connectivity index (χ4n) is 1.70. The molecule has 1 rings (SSSR count). The van der Waals surface area contributed by atoms with E-state index in [0.29, 0.717) is 6.61 Å². The van der Waals surface area contributed by atoms with Crippen molar-refractivity contribution in [3.05, 3.63) is 0 Å². The smallest absolute Gasteiger partial charge is 0.319 e. The van der Waals surface area contributed by atoms with E-state index in [4.69, 9.17) is 14.6 Å². The van der Waals surface area contributed by atoms with Crippen LogP contribution >= 0.6 is 0 Å². The van der Waals surface area contributed by atoms with E-state index < -0.39 is 11.4 Å². The molecule has 1 N–H and O–H groups in total. The Morgan fingerprint density at radius 1 is 1.62 bits per heavy atom. The van der Waals surface area contributed by atoms with Crippen molar-refractivity contribution in [3.8, 4) is 0 Å². The molecule has 92 valence electrons. The van der Waals surface area contributed by atoms with Crippen LogP contribution in [0.15, 0.2) is 0 Å². The first-order chi connectivity index (χ1) is 7.49. The lowest BCUT2D eigenvalue weighted by molar-refractivity contribution is -0.166. The molecule has 1 heterocycles. The van der Waals surface area contributed by atoms with Gasteiger partial charge >= 0.3 is 5.97 Å². The Morgan fingerprint density at radius 2 is 2.31 bits per heavy atom. The van der Waals surface area contributed by atoms with Crippen LogP contribution in [0.25, 0.3) is 0 Å². The van der Waals surface area contributed by atoms with Crippen molar-refractivity contribution in [1.82, 2.24) is 0 Å². The Kier molecular flexibility index (Phi) is 4.44. The number of carboxylic acid groups (broad SMARTS) is 1. The first kappa shape index (κ1) is 13.1. The van der Waals surface area contributed by atoms with Crippen LogP contribution in [0.3, 0.4) is 0 Å². The first-order valence-corrected chi connectivity index (χ1v) is 5.45. The summed E-state index contributed by atoms with van der Waals surface area (Å²) in [5.41, 5.74) is -1.40. The minimum atomic E-state index is -1.40. The van der Waals surface area contributed by atoms with E-state index in [-0.39, 0.29) is 37.9 Å². The third-order valence-corrected chi connectivity index (χ3v) is 2.75. The molecular weight excluding hydrogens is 212 g/mol. The maximum Gasteiger partial charge on any atom is 0.319 e. The van der Waals surface area contributed by atoms with Crippen molar-refractivity contribution < 1.29 is 24.2 Å². The molecule has 1 saturated heterocycles. The molecule has 0 aromatic carbocycles. The summed E-state index contributed by atoms with van der Waals surface area (Å²) in [7, 11) is 0. The Balaban J connectivity index is 2.64. The molecule has 0 aromatic heterocycles. The third-order valence-electron chi connectivity index (χ3n) is 2.75. The molecule has 0 radical (unpaired) electrons. The Morgan fingerprint density at radius 3 is 2.81 bits per heavy atom. The van der Waals surface area contributed by atoms with Gasteiger partial charge in [-0.05, 0) is 20.3 Å². The van der Waals surface area contributed by atoms with Crippen LogP contribution in [0.4, 0.5) is 0 Å². The third kappa shape index (κ3) is 2.80. The molecule has 0 spiro atoms. The van der Waals surface area contributed by atoms with Gasteiger partial charge in [0.15, 0.2) is 11.2 Å². The molecule has 0 saturated carbocycles. The monoisotopic (exact) mass is 230 g/mol. The zero-order valence-electron chi connectivity index (χ0n) is 9.69. The SMILES string of the molecule is CC(C)OCCC1(C(=O)O)COCCC1=O. The molecular formula is C11H18O5. The van der Waals surface area contributed by atoms with Crippen molar-refractivity contribution in [2.75, 3.05) is 19.8 Å². The Labute approximate surface area is 94.7 Å². The maximum atomic E-state index is 11.7. The lowest BCUT2D eigenvalue weighted by Gasteiger charge is -2.31. The van der Waals surface area contributed by atoms with E-state index in [9.17, 15) is 9.59 Å². The number of carboxylic acids is 1. The van der Waals surface area contributed by atoms with Gasteiger partial charge in [-0.1, -0.05) is 0 Å². The molecule has 0 amide bonds. The molecule has 16 heavy (non-hydrogen) atoms. The molecule has 1 aliphatic rings. The number of ether oxygens (including phenoxy) is 2. The molecule has 1 atom stereocenters. The van der Waals surface area contributed by atoms with E-state index in [1.165, 1.54) is 0 Å². The predicted molar refractivity (Wildman–Crippen MR) is 56.2 cm³/mol. The van der Waals surface area contributed by atoms with Crippen molar-refractivity contribution in [2.45, 2.75) is 32.8 Å². The van der Waals surface area contributed by atoms with Gasteiger partial charge in [0, 0.05) is 13.0 Å². The average molecular weight is 230 g/mol. The zero-order valence-corrected chi connectivity index (χ0v) is 9.69. The molecule has 1 aliphatic heterocycles. The zero-order chi connectivity index (χ0) is 12.2. The van der Waals surface area contributed by atoms with Crippen LogP contribution in [0.1, 0.15) is 26.7 Å². The van der Waals surface area contributed by atoms with Crippen LogP contribution in [0.5, 0.6) is 0 Å². The number of hydrogen-bond acceptors (Lipinski definition) is 4. The number of carbonyl (C=O) groups excluding carboxylic acids is 1. The van der Waals surface area contributed by atoms with Gasteiger partial charge in [-0.25, -0.2) is 0 Å². The quantitative estimate of drug-likeness (QED) is 0.709.